The van der Waals surface area contributed by atoms with E-state index in [1.807, 2.05) is 0 Å². The van der Waals surface area contributed by atoms with Crippen LogP contribution in [0.15, 0.2) is 97.3 Å². The Balaban J connectivity index is 1.35. The molecule has 1 unspecified atom stereocenters. The number of fused-ring (bicyclic) bond motifs is 1. The van der Waals surface area contributed by atoms with E-state index in [0.29, 0.717) is 0 Å². The smallest absolute Gasteiger partial charge is 0.207 e. The minimum atomic E-state index is -0.447. The molecule has 0 radical (unpaired) electrons. The lowest BCUT2D eigenvalue weighted by atomic mass is 9.62. The van der Waals surface area contributed by atoms with E-state index in [1.165, 1.54) is 73.6 Å². The maximum Gasteiger partial charge on any atom is 0.221 e. The Morgan fingerprint density at radius 2 is 1.55 bits per heavy atom. The first-order valence-electron chi connectivity index (χ1n) is 18.6. The van der Waals surface area contributed by atoms with Gasteiger partial charge in [0, 0.05) is 47.9 Å². The lowest BCUT2D eigenvalue weighted by Crippen LogP contribution is -2.63. The van der Waals surface area contributed by atoms with Crippen molar-refractivity contribution < 1.29 is 13.5 Å². The van der Waals surface area contributed by atoms with E-state index in [9.17, 15) is 0 Å². The molecule has 0 bridgehead atoms. The summed E-state index contributed by atoms with van der Waals surface area (Å²) in [6.45, 7) is 14.6. The van der Waals surface area contributed by atoms with Crippen LogP contribution in [0.25, 0.3) is 44.1 Å². The van der Waals surface area contributed by atoms with E-state index < -0.39 is 5.41 Å². The number of benzene rings is 4. The topological polar surface area (TPSA) is 7.76 Å². The molecule has 0 amide bonds. The van der Waals surface area contributed by atoms with Crippen LogP contribution in [0, 0.1) is 12.7 Å². The molecular formula is C46H49FN2+2. The van der Waals surface area contributed by atoms with Crippen molar-refractivity contribution in [1.82, 2.24) is 0 Å². The molecule has 1 aliphatic heterocycles. The molecule has 248 valence electrons. The van der Waals surface area contributed by atoms with Gasteiger partial charge in [0.05, 0.1) is 22.3 Å². The zero-order chi connectivity index (χ0) is 34.1. The third-order valence-corrected chi connectivity index (χ3v) is 12.4. The van der Waals surface area contributed by atoms with Gasteiger partial charge >= 0.3 is 0 Å². The Hall–Kier alpha value is -4.37. The minimum Gasteiger partial charge on any atom is -0.207 e. The fourth-order valence-electron chi connectivity index (χ4n) is 9.87. The van der Waals surface area contributed by atoms with Gasteiger partial charge in [0.25, 0.3) is 0 Å². The number of aryl methyl sites for hydroxylation is 3. The van der Waals surface area contributed by atoms with Crippen LogP contribution < -0.4 is 9.13 Å². The molecule has 49 heavy (non-hydrogen) atoms. The molecule has 0 saturated carbocycles. The number of aromatic nitrogens is 2. The highest BCUT2D eigenvalue weighted by Gasteiger charge is 2.55. The maximum atomic E-state index is 16.4. The largest absolute Gasteiger partial charge is 0.221 e. The highest BCUT2D eigenvalue weighted by atomic mass is 19.1. The average Bonchev–Trinajstić information content (AvgIpc) is 3.12. The highest BCUT2D eigenvalue weighted by Crippen LogP contribution is 2.56. The molecule has 1 atom stereocenters. The normalized spacial score (nSPS) is 16.8. The first kappa shape index (κ1) is 31.9. The van der Waals surface area contributed by atoms with Gasteiger partial charge in [-0.2, -0.15) is 9.13 Å². The van der Waals surface area contributed by atoms with Gasteiger partial charge in [-0.3, -0.25) is 0 Å². The zero-order valence-electron chi connectivity index (χ0n) is 30.0. The van der Waals surface area contributed by atoms with Gasteiger partial charge in [-0.25, -0.2) is 4.39 Å². The zero-order valence-corrected chi connectivity index (χ0v) is 30.0. The van der Waals surface area contributed by atoms with E-state index >= 15 is 4.39 Å². The minimum absolute atomic E-state index is 0.0852. The summed E-state index contributed by atoms with van der Waals surface area (Å²) in [5.74, 6) is 0.133. The average molecular weight is 649 g/mol. The van der Waals surface area contributed by atoms with Crippen LogP contribution in [0.4, 0.5) is 4.39 Å². The number of pyridine rings is 2. The SMILES string of the molecule is CCCCc1ccc2c3c4[n+](ccc13)C(CC)(CC)C(CC[n+]1ccc3ccccc3c1-c1ccccc1C)c1ccc(F)c(c1-4)C2(C)C. The fourth-order valence-corrected chi connectivity index (χ4v) is 9.87. The molecule has 8 rings (SSSR count). The summed E-state index contributed by atoms with van der Waals surface area (Å²) < 4.78 is 21.5. The molecule has 3 heteroatoms. The van der Waals surface area contributed by atoms with Crippen LogP contribution in [0.2, 0.25) is 0 Å². The monoisotopic (exact) mass is 648 g/mol. The molecule has 1 aliphatic carbocycles. The molecular weight excluding hydrogens is 600 g/mol. The van der Waals surface area contributed by atoms with Crippen molar-refractivity contribution in [3.05, 3.63) is 131 Å². The molecule has 6 aromatic rings. The molecule has 0 fully saturated rings. The van der Waals surface area contributed by atoms with Crippen LogP contribution in [-0.4, -0.2) is 0 Å². The predicted molar refractivity (Wildman–Crippen MR) is 201 cm³/mol. The summed E-state index contributed by atoms with van der Waals surface area (Å²) >= 11 is 0. The van der Waals surface area contributed by atoms with Crippen LogP contribution in [0.1, 0.15) is 100 Å². The Labute approximate surface area is 291 Å². The summed E-state index contributed by atoms with van der Waals surface area (Å²) in [5.41, 5.74) is 10.5. The standard InChI is InChI=1S/C46H49FN2/c1-7-10-16-31-20-22-38-40-34(31)25-29-49-44(40)41-36(21-23-39(47)42(41)45(38,5)6)37(46(49,8-2)9-3)26-28-48-27-24-32-17-12-14-19-35(32)43(48)33-18-13-11-15-30(33)4/h11-15,17-25,27,29,37H,7-10,16,26,28H2,1-6H3/q+2. The highest BCUT2D eigenvalue weighted by molar-refractivity contribution is 6.02. The van der Waals surface area contributed by atoms with Crippen molar-refractivity contribution in [1.29, 1.82) is 0 Å². The first-order valence-corrected chi connectivity index (χ1v) is 18.6. The summed E-state index contributed by atoms with van der Waals surface area (Å²) in [6.07, 6.45) is 11.0. The molecule has 3 heterocycles. The number of hydrogen-bond acceptors (Lipinski definition) is 0. The van der Waals surface area contributed by atoms with E-state index in [4.69, 9.17) is 0 Å². The van der Waals surface area contributed by atoms with Crippen molar-refractivity contribution in [2.75, 3.05) is 0 Å². The molecule has 2 aromatic heterocycles. The van der Waals surface area contributed by atoms with Crippen molar-refractivity contribution in [3.8, 4) is 22.5 Å². The fraction of sp³-hybridized carbons (Fsp3) is 0.348. The second-order valence-electron chi connectivity index (χ2n) is 15.1. The van der Waals surface area contributed by atoms with Gasteiger partial charge in [-0.1, -0.05) is 95.6 Å². The van der Waals surface area contributed by atoms with Crippen LogP contribution in [-0.2, 0) is 23.9 Å². The van der Waals surface area contributed by atoms with E-state index in [0.717, 1.165) is 43.4 Å². The Bertz CT molecular complexity index is 2260. The molecule has 4 aromatic carbocycles. The summed E-state index contributed by atoms with van der Waals surface area (Å²) in [7, 11) is 0. The van der Waals surface area contributed by atoms with Gasteiger partial charge in [0.2, 0.25) is 11.4 Å². The summed E-state index contributed by atoms with van der Waals surface area (Å²) in [5, 5.41) is 5.22. The summed E-state index contributed by atoms with van der Waals surface area (Å²) in [6, 6.07) is 30.7. The third kappa shape index (κ3) is 4.57. The van der Waals surface area contributed by atoms with Crippen molar-refractivity contribution in [2.45, 2.75) is 103 Å². The third-order valence-electron chi connectivity index (χ3n) is 12.4. The van der Waals surface area contributed by atoms with Crippen LogP contribution in [0.5, 0.6) is 0 Å². The van der Waals surface area contributed by atoms with Gasteiger partial charge < -0.3 is 0 Å². The van der Waals surface area contributed by atoms with Crippen molar-refractivity contribution in [3.63, 3.8) is 0 Å². The molecule has 2 aliphatic rings. The number of hydrogen-bond donors (Lipinski definition) is 0. The lowest BCUT2D eigenvalue weighted by molar-refractivity contribution is -0.764. The number of unbranched alkanes of at least 4 members (excludes halogenated alkanes) is 1. The van der Waals surface area contributed by atoms with Crippen molar-refractivity contribution in [2.24, 2.45) is 0 Å². The Kier molecular flexibility index (Phi) is 7.74. The maximum absolute atomic E-state index is 16.4. The van der Waals surface area contributed by atoms with Crippen molar-refractivity contribution >= 4 is 21.5 Å². The predicted octanol–water partition coefficient (Wildman–Crippen LogP) is 11.0. The van der Waals surface area contributed by atoms with E-state index in [1.54, 1.807) is 6.07 Å². The van der Waals surface area contributed by atoms with Crippen LogP contribution in [0.3, 0.4) is 0 Å². The second-order valence-corrected chi connectivity index (χ2v) is 15.1. The Morgan fingerprint density at radius 3 is 2.33 bits per heavy atom. The number of halogens is 1. The molecule has 0 spiro atoms. The van der Waals surface area contributed by atoms with E-state index in [2.05, 4.69) is 142 Å². The van der Waals surface area contributed by atoms with Gasteiger partial charge in [0.1, 0.15) is 12.4 Å². The Morgan fingerprint density at radius 1 is 0.776 bits per heavy atom. The number of rotatable bonds is 9. The first-order chi connectivity index (χ1) is 23.8. The molecule has 0 N–H and O–H groups in total. The number of nitrogens with zero attached hydrogens (tertiary/aromatic N) is 2. The van der Waals surface area contributed by atoms with Gasteiger partial charge in [-0.15, -0.1) is 0 Å². The molecule has 0 saturated heterocycles. The van der Waals surface area contributed by atoms with Gasteiger partial charge in [-0.05, 0) is 71.0 Å². The van der Waals surface area contributed by atoms with E-state index in [-0.39, 0.29) is 17.3 Å². The van der Waals surface area contributed by atoms with Crippen LogP contribution >= 0.6 is 0 Å². The lowest BCUT2D eigenvalue weighted by Gasteiger charge is -2.44. The molecule has 2 nitrogen and oxygen atoms in total. The second kappa shape index (κ2) is 11.9. The summed E-state index contributed by atoms with van der Waals surface area (Å²) in [4.78, 5) is 0. The van der Waals surface area contributed by atoms with Gasteiger partial charge in [0.15, 0.2) is 17.9 Å². The quantitative estimate of drug-likeness (QED) is 0.138.